The summed E-state index contributed by atoms with van der Waals surface area (Å²) in [7, 11) is 0. The average Bonchev–Trinajstić information content (AvgIpc) is 2.13. The minimum Gasteiger partial charge on any atom is -0.340 e. The quantitative estimate of drug-likeness (QED) is 0.756. The molecule has 0 spiro atoms. The summed E-state index contributed by atoms with van der Waals surface area (Å²) in [5.74, 6) is -0.968. The molecule has 0 saturated carbocycles. The summed E-state index contributed by atoms with van der Waals surface area (Å²) < 4.78 is 61.4. The van der Waals surface area contributed by atoms with E-state index in [0.717, 1.165) is 12.3 Å². The maximum atomic E-state index is 12.3. The Morgan fingerprint density at radius 3 is 2.47 bits per heavy atom. The third-order valence-corrected chi connectivity index (χ3v) is 2.48. The van der Waals surface area contributed by atoms with Crippen molar-refractivity contribution in [2.45, 2.75) is 12.6 Å². The van der Waals surface area contributed by atoms with Gasteiger partial charge in [0.1, 0.15) is 5.69 Å². The lowest BCUT2D eigenvalue weighted by Crippen LogP contribution is -2.50. The molecule has 1 aliphatic rings. The van der Waals surface area contributed by atoms with E-state index in [4.69, 9.17) is 0 Å². The van der Waals surface area contributed by atoms with Crippen LogP contribution in [-0.2, 0) is 6.18 Å². The van der Waals surface area contributed by atoms with Crippen LogP contribution in [0.25, 0.3) is 0 Å². The molecule has 2 rings (SSSR count). The van der Waals surface area contributed by atoms with Crippen LogP contribution in [0.5, 0.6) is 0 Å². The van der Waals surface area contributed by atoms with Gasteiger partial charge in [0.15, 0.2) is 0 Å². The fourth-order valence-electron chi connectivity index (χ4n) is 1.49. The number of halogens is 5. The second kappa shape index (κ2) is 4.08. The Labute approximate surface area is 93.3 Å². The third kappa shape index (κ3) is 2.45. The zero-order chi connectivity index (χ0) is 12.6. The Kier molecular flexibility index (Phi) is 2.88. The fraction of sp³-hybridized carbons (Fsp3) is 0.556. The molecule has 0 unspecified atom stereocenters. The van der Waals surface area contributed by atoms with Crippen molar-refractivity contribution in [2.75, 3.05) is 18.0 Å². The van der Waals surface area contributed by atoms with Gasteiger partial charge in [0.25, 0.3) is 0 Å². The Bertz CT molecular complexity index is 400. The number of hydrogen-bond acceptors (Lipinski definition) is 3. The van der Waals surface area contributed by atoms with E-state index in [0.29, 0.717) is 0 Å². The zero-order valence-corrected chi connectivity index (χ0v) is 8.46. The Hall–Kier alpha value is -1.47. The summed E-state index contributed by atoms with van der Waals surface area (Å²) in [4.78, 5) is 8.24. The molecule has 3 nitrogen and oxygen atoms in total. The summed E-state index contributed by atoms with van der Waals surface area (Å²) in [5, 5.41) is 0. The summed E-state index contributed by atoms with van der Waals surface area (Å²) in [6.45, 7) is -0.0298. The molecule has 1 saturated heterocycles. The second-order valence-corrected chi connectivity index (χ2v) is 3.74. The van der Waals surface area contributed by atoms with E-state index >= 15 is 0 Å². The molecule has 94 valence electrons. The summed E-state index contributed by atoms with van der Waals surface area (Å²) in [6, 6.07) is 0.744. The van der Waals surface area contributed by atoms with Gasteiger partial charge in [0, 0.05) is 19.3 Å². The third-order valence-electron chi connectivity index (χ3n) is 2.48. The molecule has 0 amide bonds. The summed E-state index contributed by atoms with van der Waals surface area (Å²) in [5.41, 5.74) is -1.07. The van der Waals surface area contributed by atoms with Gasteiger partial charge in [-0.25, -0.2) is 18.7 Å². The van der Waals surface area contributed by atoms with Gasteiger partial charge in [-0.05, 0) is 6.07 Å². The number of nitrogens with zero attached hydrogens (tertiary/aromatic N) is 3. The number of hydrogen-bond donors (Lipinski definition) is 0. The van der Waals surface area contributed by atoms with E-state index in [-0.39, 0.29) is 19.0 Å². The van der Waals surface area contributed by atoms with E-state index in [1.54, 1.807) is 0 Å². The first-order valence-electron chi connectivity index (χ1n) is 4.81. The SMILES string of the molecule is FC(F)C1CN(c2nccc(C(F)(F)F)n2)C1. The minimum absolute atomic E-state index is 0.0149. The lowest BCUT2D eigenvalue weighted by atomic mass is 10.0. The number of anilines is 1. The van der Waals surface area contributed by atoms with E-state index in [2.05, 4.69) is 9.97 Å². The molecule has 2 heterocycles. The molecule has 17 heavy (non-hydrogen) atoms. The maximum absolute atomic E-state index is 12.3. The monoisotopic (exact) mass is 253 g/mol. The topological polar surface area (TPSA) is 29.0 Å². The van der Waals surface area contributed by atoms with Gasteiger partial charge in [-0.1, -0.05) is 0 Å². The molecule has 8 heteroatoms. The van der Waals surface area contributed by atoms with Crippen molar-refractivity contribution in [1.82, 2.24) is 9.97 Å². The van der Waals surface area contributed by atoms with Gasteiger partial charge in [-0.2, -0.15) is 13.2 Å². The molecular formula is C9H8F5N3. The van der Waals surface area contributed by atoms with E-state index in [1.165, 1.54) is 4.90 Å². The van der Waals surface area contributed by atoms with E-state index in [9.17, 15) is 22.0 Å². The molecule has 0 aliphatic carbocycles. The highest BCUT2D eigenvalue weighted by atomic mass is 19.4. The summed E-state index contributed by atoms with van der Waals surface area (Å²) in [6.07, 6.45) is -6.04. The van der Waals surface area contributed by atoms with E-state index in [1.807, 2.05) is 0 Å². The first-order valence-corrected chi connectivity index (χ1v) is 4.81. The zero-order valence-electron chi connectivity index (χ0n) is 8.46. The Morgan fingerprint density at radius 2 is 1.94 bits per heavy atom. The molecule has 0 atom stereocenters. The van der Waals surface area contributed by atoms with Gasteiger partial charge >= 0.3 is 6.18 Å². The van der Waals surface area contributed by atoms with Crippen LogP contribution in [0.15, 0.2) is 12.3 Å². The van der Waals surface area contributed by atoms with E-state index < -0.39 is 24.2 Å². The molecule has 1 aliphatic heterocycles. The summed E-state index contributed by atoms with van der Waals surface area (Å²) >= 11 is 0. The van der Waals surface area contributed by atoms with Gasteiger partial charge in [-0.3, -0.25) is 0 Å². The lowest BCUT2D eigenvalue weighted by molar-refractivity contribution is -0.141. The molecule has 0 bridgehead atoms. The van der Waals surface area contributed by atoms with Crippen LogP contribution in [0.2, 0.25) is 0 Å². The molecular weight excluding hydrogens is 245 g/mol. The van der Waals surface area contributed by atoms with Crippen molar-refractivity contribution in [2.24, 2.45) is 5.92 Å². The van der Waals surface area contributed by atoms with Crippen LogP contribution >= 0.6 is 0 Å². The fourth-order valence-corrected chi connectivity index (χ4v) is 1.49. The van der Waals surface area contributed by atoms with Crippen molar-refractivity contribution in [3.8, 4) is 0 Å². The van der Waals surface area contributed by atoms with Crippen molar-refractivity contribution >= 4 is 5.95 Å². The van der Waals surface area contributed by atoms with Crippen LogP contribution in [0, 0.1) is 5.92 Å². The van der Waals surface area contributed by atoms with Crippen LogP contribution in [0.1, 0.15) is 5.69 Å². The highest BCUT2D eigenvalue weighted by molar-refractivity contribution is 5.35. The van der Waals surface area contributed by atoms with Crippen LogP contribution in [-0.4, -0.2) is 29.5 Å². The van der Waals surface area contributed by atoms with Crippen LogP contribution in [0.3, 0.4) is 0 Å². The lowest BCUT2D eigenvalue weighted by Gasteiger charge is -2.38. The first kappa shape index (κ1) is 12.0. The molecule has 0 aromatic carbocycles. The predicted molar refractivity (Wildman–Crippen MR) is 48.7 cm³/mol. The maximum Gasteiger partial charge on any atom is 0.433 e. The minimum atomic E-state index is -4.55. The standard InChI is InChI=1S/C9H8F5N3/c10-7(11)5-3-17(4-5)8-15-2-1-6(16-8)9(12,13)14/h1-2,5,7H,3-4H2. The normalized spacial score (nSPS) is 17.4. The first-order chi connectivity index (χ1) is 7.88. The largest absolute Gasteiger partial charge is 0.433 e. The van der Waals surface area contributed by atoms with Gasteiger partial charge in [-0.15, -0.1) is 0 Å². The van der Waals surface area contributed by atoms with Crippen molar-refractivity contribution in [3.05, 3.63) is 18.0 Å². The average molecular weight is 253 g/mol. The molecule has 1 aromatic heterocycles. The van der Waals surface area contributed by atoms with Gasteiger partial charge in [0.05, 0.1) is 5.92 Å². The van der Waals surface area contributed by atoms with Gasteiger partial charge in [0.2, 0.25) is 12.4 Å². The molecule has 1 aromatic rings. The molecule has 0 N–H and O–H groups in total. The Morgan fingerprint density at radius 1 is 1.29 bits per heavy atom. The van der Waals surface area contributed by atoms with Crippen LogP contribution in [0.4, 0.5) is 27.9 Å². The van der Waals surface area contributed by atoms with Crippen molar-refractivity contribution in [3.63, 3.8) is 0 Å². The number of rotatable bonds is 2. The van der Waals surface area contributed by atoms with Crippen molar-refractivity contribution in [1.29, 1.82) is 0 Å². The van der Waals surface area contributed by atoms with Gasteiger partial charge < -0.3 is 4.90 Å². The van der Waals surface area contributed by atoms with Crippen LogP contribution < -0.4 is 4.90 Å². The highest BCUT2D eigenvalue weighted by Crippen LogP contribution is 2.30. The smallest absolute Gasteiger partial charge is 0.340 e. The number of alkyl halides is 5. The molecule has 0 radical (unpaired) electrons. The highest BCUT2D eigenvalue weighted by Gasteiger charge is 2.37. The number of aromatic nitrogens is 2. The second-order valence-electron chi connectivity index (χ2n) is 3.74. The molecule has 1 fully saturated rings. The van der Waals surface area contributed by atoms with Crippen molar-refractivity contribution < 1.29 is 22.0 Å². The predicted octanol–water partition coefficient (Wildman–Crippen LogP) is 2.20. The Balaban J connectivity index is 2.09.